The Hall–Kier alpha value is -2.09. The molecule has 0 aromatic carbocycles. The molecule has 0 bridgehead atoms. The van der Waals surface area contributed by atoms with Crippen LogP contribution in [0.1, 0.15) is 79.1 Å². The molecule has 29 heavy (non-hydrogen) atoms. The number of rotatable bonds is 15. The third kappa shape index (κ3) is 23.9. The Labute approximate surface area is 180 Å². The summed E-state index contributed by atoms with van der Waals surface area (Å²) >= 11 is 0. The zero-order chi connectivity index (χ0) is 21.6. The molecule has 0 unspecified atom stereocenters. The van der Waals surface area contributed by atoms with Crippen LogP contribution in [0.4, 0.5) is 0 Å². The molecule has 0 aliphatic heterocycles. The van der Waals surface area contributed by atoms with Gasteiger partial charge >= 0.3 is 0 Å². The van der Waals surface area contributed by atoms with Crippen molar-refractivity contribution in [1.29, 1.82) is 0 Å². The molecule has 0 aliphatic rings. The number of amides is 1. The van der Waals surface area contributed by atoms with Gasteiger partial charge in [0.2, 0.25) is 5.91 Å². The quantitative estimate of drug-likeness (QED) is 0.283. The van der Waals surface area contributed by atoms with Crippen LogP contribution >= 0.6 is 0 Å². The highest BCUT2D eigenvalue weighted by atomic mass is 16.1. The van der Waals surface area contributed by atoms with Crippen molar-refractivity contribution in [2.24, 2.45) is 5.41 Å². The Morgan fingerprint density at radius 3 is 1.41 bits per heavy atom. The van der Waals surface area contributed by atoms with Crippen LogP contribution in [0.5, 0.6) is 0 Å². The highest BCUT2D eigenvalue weighted by Crippen LogP contribution is 2.10. The fourth-order valence-electron chi connectivity index (χ4n) is 2.31. The molecule has 0 atom stereocenters. The SMILES string of the molecule is CC/C=C/C/C=C/C/C=C/C/C=C/C/C=C/C/C=C/CCC(=O)NCC(C)(C)C. The lowest BCUT2D eigenvalue weighted by Crippen LogP contribution is -2.31. The molecular weight excluding hydrogens is 354 g/mol. The Morgan fingerprint density at radius 1 is 0.655 bits per heavy atom. The molecule has 162 valence electrons. The van der Waals surface area contributed by atoms with Crippen molar-refractivity contribution in [3.8, 4) is 0 Å². The highest BCUT2D eigenvalue weighted by Gasteiger charge is 2.10. The number of allylic oxidation sites excluding steroid dienone is 12. The van der Waals surface area contributed by atoms with Crippen molar-refractivity contribution in [1.82, 2.24) is 5.32 Å². The maximum absolute atomic E-state index is 11.7. The van der Waals surface area contributed by atoms with E-state index in [1.54, 1.807) is 0 Å². The lowest BCUT2D eigenvalue weighted by atomic mass is 9.97. The molecule has 0 heterocycles. The van der Waals surface area contributed by atoms with Crippen LogP contribution < -0.4 is 5.32 Å². The molecule has 0 fully saturated rings. The fourth-order valence-corrected chi connectivity index (χ4v) is 2.31. The van der Waals surface area contributed by atoms with Gasteiger partial charge in [-0.05, 0) is 50.4 Å². The van der Waals surface area contributed by atoms with Crippen LogP contribution in [0.3, 0.4) is 0 Å². The summed E-state index contributed by atoms with van der Waals surface area (Å²) < 4.78 is 0. The molecule has 1 N–H and O–H groups in total. The molecule has 2 nitrogen and oxygen atoms in total. The van der Waals surface area contributed by atoms with E-state index in [0.717, 1.165) is 51.5 Å². The van der Waals surface area contributed by atoms with Gasteiger partial charge in [-0.15, -0.1) is 0 Å². The number of hydrogen-bond acceptors (Lipinski definition) is 1. The van der Waals surface area contributed by atoms with Gasteiger partial charge in [0.05, 0.1) is 0 Å². The van der Waals surface area contributed by atoms with E-state index in [1.165, 1.54) is 0 Å². The molecule has 2 heteroatoms. The second kappa shape index (κ2) is 19.2. The summed E-state index contributed by atoms with van der Waals surface area (Å²) in [6, 6.07) is 0. The first-order chi connectivity index (χ1) is 14.0. The van der Waals surface area contributed by atoms with Crippen LogP contribution in [-0.2, 0) is 4.79 Å². The molecule has 0 saturated heterocycles. The van der Waals surface area contributed by atoms with Gasteiger partial charge in [-0.3, -0.25) is 4.79 Å². The van der Waals surface area contributed by atoms with E-state index >= 15 is 0 Å². The smallest absolute Gasteiger partial charge is 0.220 e. The third-order valence-electron chi connectivity index (χ3n) is 3.95. The summed E-state index contributed by atoms with van der Waals surface area (Å²) in [5, 5.41) is 2.98. The van der Waals surface area contributed by atoms with Crippen molar-refractivity contribution in [2.45, 2.75) is 79.1 Å². The minimum absolute atomic E-state index is 0.138. The number of carbonyl (C=O) groups is 1. The average molecular weight is 398 g/mol. The van der Waals surface area contributed by atoms with Crippen LogP contribution in [0.2, 0.25) is 0 Å². The summed E-state index contributed by atoms with van der Waals surface area (Å²) in [5.41, 5.74) is 0.143. The van der Waals surface area contributed by atoms with Gasteiger partial charge in [0.15, 0.2) is 0 Å². The fraction of sp³-hybridized carbons (Fsp3) is 0.519. The van der Waals surface area contributed by atoms with Crippen LogP contribution in [0.15, 0.2) is 72.9 Å². The van der Waals surface area contributed by atoms with E-state index in [4.69, 9.17) is 0 Å². The maximum Gasteiger partial charge on any atom is 0.220 e. The summed E-state index contributed by atoms with van der Waals surface area (Å²) in [7, 11) is 0. The van der Waals surface area contributed by atoms with E-state index in [2.05, 4.69) is 106 Å². The molecule has 0 saturated carbocycles. The molecule has 0 aliphatic carbocycles. The van der Waals surface area contributed by atoms with E-state index in [0.29, 0.717) is 6.42 Å². The summed E-state index contributed by atoms with van der Waals surface area (Å²) in [4.78, 5) is 11.7. The van der Waals surface area contributed by atoms with Gasteiger partial charge in [0.25, 0.3) is 0 Å². The van der Waals surface area contributed by atoms with Crippen molar-refractivity contribution in [2.75, 3.05) is 6.54 Å². The number of hydrogen-bond donors (Lipinski definition) is 1. The number of carbonyl (C=O) groups excluding carboxylic acids is 1. The van der Waals surface area contributed by atoms with Gasteiger partial charge in [-0.25, -0.2) is 0 Å². The Balaban J connectivity index is 3.61. The summed E-state index contributed by atoms with van der Waals surface area (Å²) in [6.07, 6.45) is 33.7. The zero-order valence-electron chi connectivity index (χ0n) is 19.2. The Kier molecular flexibility index (Phi) is 17.8. The topological polar surface area (TPSA) is 29.1 Å². The molecular formula is C27H43NO. The van der Waals surface area contributed by atoms with Gasteiger partial charge in [0.1, 0.15) is 0 Å². The monoisotopic (exact) mass is 397 g/mol. The molecule has 0 aromatic heterocycles. The largest absolute Gasteiger partial charge is 0.356 e. The second-order valence-electron chi connectivity index (χ2n) is 8.29. The van der Waals surface area contributed by atoms with Crippen LogP contribution in [0.25, 0.3) is 0 Å². The number of nitrogens with one attached hydrogen (secondary N) is 1. The first kappa shape index (κ1) is 26.9. The van der Waals surface area contributed by atoms with E-state index in [9.17, 15) is 4.79 Å². The predicted molar refractivity (Wildman–Crippen MR) is 130 cm³/mol. The van der Waals surface area contributed by atoms with Gasteiger partial charge < -0.3 is 5.32 Å². The average Bonchev–Trinajstić information content (AvgIpc) is 2.67. The molecule has 0 rings (SSSR count). The van der Waals surface area contributed by atoms with Crippen molar-refractivity contribution in [3.63, 3.8) is 0 Å². The van der Waals surface area contributed by atoms with Gasteiger partial charge in [-0.1, -0.05) is 101 Å². The lowest BCUT2D eigenvalue weighted by molar-refractivity contribution is -0.121. The van der Waals surface area contributed by atoms with Crippen molar-refractivity contribution in [3.05, 3.63) is 72.9 Å². The minimum atomic E-state index is 0.138. The second-order valence-corrected chi connectivity index (χ2v) is 8.29. The first-order valence-electron chi connectivity index (χ1n) is 11.1. The van der Waals surface area contributed by atoms with E-state index in [-0.39, 0.29) is 11.3 Å². The molecule has 0 radical (unpaired) electrons. The van der Waals surface area contributed by atoms with Crippen molar-refractivity contribution < 1.29 is 4.79 Å². The molecule has 0 aromatic rings. The van der Waals surface area contributed by atoms with E-state index in [1.807, 2.05) is 0 Å². The Morgan fingerprint density at radius 2 is 1.03 bits per heavy atom. The summed E-state index contributed by atoms with van der Waals surface area (Å²) in [5.74, 6) is 0.138. The lowest BCUT2D eigenvalue weighted by Gasteiger charge is -2.18. The Bertz CT molecular complexity index is 568. The van der Waals surface area contributed by atoms with Crippen molar-refractivity contribution >= 4 is 5.91 Å². The van der Waals surface area contributed by atoms with Crippen LogP contribution in [0, 0.1) is 5.41 Å². The highest BCUT2D eigenvalue weighted by molar-refractivity contribution is 5.76. The zero-order valence-corrected chi connectivity index (χ0v) is 19.2. The van der Waals surface area contributed by atoms with E-state index < -0.39 is 0 Å². The molecule has 1 amide bonds. The maximum atomic E-state index is 11.7. The van der Waals surface area contributed by atoms with Gasteiger partial charge in [0, 0.05) is 13.0 Å². The van der Waals surface area contributed by atoms with Crippen LogP contribution in [-0.4, -0.2) is 12.5 Å². The summed E-state index contributed by atoms with van der Waals surface area (Å²) in [6.45, 7) is 9.26. The minimum Gasteiger partial charge on any atom is -0.356 e. The predicted octanol–water partition coefficient (Wildman–Crippen LogP) is 7.63. The normalized spacial score (nSPS) is 13.4. The standard InChI is InChI=1S/C27H43NO/c1-5-6-7-8-9-10-11-12-13-14-15-16-17-18-19-20-21-22-23-24-26(29)28-25-27(2,3)4/h6-7,9-10,12-13,15-16,18-19,21-22H,5,8,11,14,17,20,23-25H2,1-4H3,(H,28,29)/b7-6+,10-9+,13-12+,16-15+,19-18+,22-21+. The molecule has 0 spiro atoms. The third-order valence-corrected chi connectivity index (χ3v) is 3.95. The first-order valence-corrected chi connectivity index (χ1v) is 11.1. The van der Waals surface area contributed by atoms with Gasteiger partial charge in [-0.2, -0.15) is 0 Å².